The highest BCUT2D eigenvalue weighted by Crippen LogP contribution is 2.34. The van der Waals surface area contributed by atoms with Crippen LogP contribution in [0.3, 0.4) is 0 Å². The third kappa shape index (κ3) is 5.38. The Morgan fingerprint density at radius 2 is 1.88 bits per heavy atom. The molecule has 168 valence electrons. The topological polar surface area (TPSA) is 88.7 Å². The fourth-order valence-electron chi connectivity index (χ4n) is 3.30. The molecule has 2 aromatic rings. The van der Waals surface area contributed by atoms with E-state index in [-0.39, 0.29) is 12.5 Å². The van der Waals surface area contributed by atoms with Crippen molar-refractivity contribution in [2.45, 2.75) is 32.9 Å². The maximum Gasteiger partial charge on any atom is 0.347 e. The van der Waals surface area contributed by atoms with Gasteiger partial charge in [0, 0.05) is 11.3 Å². The van der Waals surface area contributed by atoms with E-state index in [2.05, 4.69) is 16.0 Å². The second kappa shape index (κ2) is 10.5. The molecule has 7 nitrogen and oxygen atoms in total. The van der Waals surface area contributed by atoms with Crippen molar-refractivity contribution >= 4 is 46.5 Å². The van der Waals surface area contributed by atoms with E-state index < -0.39 is 18.1 Å². The third-order valence-electron chi connectivity index (χ3n) is 4.79. The average molecular weight is 474 g/mol. The molecule has 0 radical (unpaired) electrons. The van der Waals surface area contributed by atoms with Crippen molar-refractivity contribution < 1.29 is 19.1 Å². The SMILES string of the molecule is CCOC(=O)[C@@H](C)Oc1ccccc1[C@@H]1NC(=S)NC(C)=C1C(=O)Nc1ccccc1Cl. The van der Waals surface area contributed by atoms with Crippen molar-refractivity contribution in [3.05, 3.63) is 70.4 Å². The number of hydrogen-bond acceptors (Lipinski definition) is 5. The highest BCUT2D eigenvalue weighted by atomic mass is 35.5. The van der Waals surface area contributed by atoms with Gasteiger partial charge in [-0.25, -0.2) is 4.79 Å². The molecule has 1 heterocycles. The number of carbonyl (C=O) groups is 2. The van der Waals surface area contributed by atoms with Gasteiger partial charge in [0.15, 0.2) is 11.2 Å². The Labute approximate surface area is 197 Å². The number of halogens is 1. The molecule has 2 aromatic carbocycles. The van der Waals surface area contributed by atoms with Crippen LogP contribution in [0.25, 0.3) is 0 Å². The molecular weight excluding hydrogens is 450 g/mol. The van der Waals surface area contributed by atoms with Gasteiger partial charge >= 0.3 is 5.97 Å². The summed E-state index contributed by atoms with van der Waals surface area (Å²) >= 11 is 11.5. The van der Waals surface area contributed by atoms with Crippen LogP contribution in [0.15, 0.2) is 59.8 Å². The number of carbonyl (C=O) groups excluding carboxylic acids is 2. The van der Waals surface area contributed by atoms with E-state index in [9.17, 15) is 9.59 Å². The molecule has 1 amide bonds. The predicted octanol–water partition coefficient (Wildman–Crippen LogP) is 4.10. The molecule has 0 aliphatic carbocycles. The van der Waals surface area contributed by atoms with Crippen molar-refractivity contribution in [2.75, 3.05) is 11.9 Å². The van der Waals surface area contributed by atoms with Gasteiger partial charge in [0.2, 0.25) is 0 Å². The van der Waals surface area contributed by atoms with Crippen molar-refractivity contribution in [2.24, 2.45) is 0 Å². The van der Waals surface area contributed by atoms with Gasteiger partial charge in [-0.2, -0.15) is 0 Å². The molecule has 0 fully saturated rings. The van der Waals surface area contributed by atoms with Crippen LogP contribution in [-0.4, -0.2) is 29.7 Å². The van der Waals surface area contributed by atoms with Crippen molar-refractivity contribution in [3.8, 4) is 5.75 Å². The lowest BCUT2D eigenvalue weighted by atomic mass is 9.94. The molecule has 0 unspecified atom stereocenters. The standard InChI is InChI=1S/C23H24ClN3O4S/c1-4-30-22(29)14(3)31-18-12-8-5-9-15(18)20-19(13(2)25-23(32)27-20)21(28)26-17-11-7-6-10-16(17)24/h5-12,14,20H,4H2,1-3H3,(H,26,28)(H2,25,27,32)/t14-,20+/m1/s1. The number of nitrogens with one attached hydrogen (secondary N) is 3. The molecule has 0 saturated heterocycles. The van der Waals surface area contributed by atoms with Crippen LogP contribution in [0, 0.1) is 0 Å². The minimum absolute atomic E-state index is 0.257. The predicted molar refractivity (Wildman–Crippen MR) is 128 cm³/mol. The molecular formula is C23H24ClN3O4S. The second-order valence-corrected chi connectivity index (χ2v) is 7.87. The Morgan fingerprint density at radius 3 is 2.59 bits per heavy atom. The number of esters is 1. The lowest BCUT2D eigenvalue weighted by molar-refractivity contribution is -0.150. The number of hydrogen-bond donors (Lipinski definition) is 3. The summed E-state index contributed by atoms with van der Waals surface area (Å²) in [5.41, 5.74) is 2.15. The van der Waals surface area contributed by atoms with E-state index >= 15 is 0 Å². The molecule has 0 bridgehead atoms. The average Bonchev–Trinajstić information content (AvgIpc) is 2.75. The van der Waals surface area contributed by atoms with E-state index in [1.54, 1.807) is 57.2 Å². The number of para-hydroxylation sites is 2. The molecule has 0 saturated carbocycles. The third-order valence-corrected chi connectivity index (χ3v) is 5.34. The normalized spacial score (nSPS) is 16.5. The van der Waals surface area contributed by atoms with E-state index in [4.69, 9.17) is 33.3 Å². The van der Waals surface area contributed by atoms with Gasteiger partial charge in [0.1, 0.15) is 5.75 Å². The monoisotopic (exact) mass is 473 g/mol. The molecule has 32 heavy (non-hydrogen) atoms. The van der Waals surface area contributed by atoms with Crippen LogP contribution >= 0.6 is 23.8 Å². The first-order valence-corrected chi connectivity index (χ1v) is 10.9. The molecule has 0 aromatic heterocycles. The van der Waals surface area contributed by atoms with Crippen molar-refractivity contribution in [1.82, 2.24) is 10.6 Å². The van der Waals surface area contributed by atoms with Crippen molar-refractivity contribution in [1.29, 1.82) is 0 Å². The Morgan fingerprint density at radius 1 is 1.19 bits per heavy atom. The first kappa shape index (κ1) is 23.6. The minimum atomic E-state index is -0.824. The largest absolute Gasteiger partial charge is 0.479 e. The molecule has 9 heteroatoms. The highest BCUT2D eigenvalue weighted by molar-refractivity contribution is 7.80. The van der Waals surface area contributed by atoms with Gasteiger partial charge in [-0.15, -0.1) is 0 Å². The Kier molecular flexibility index (Phi) is 7.71. The number of allylic oxidation sites excluding steroid dienone is 1. The van der Waals surface area contributed by atoms with E-state index in [0.717, 1.165) is 0 Å². The van der Waals surface area contributed by atoms with Crippen LogP contribution in [0.1, 0.15) is 32.4 Å². The number of anilines is 1. The molecule has 0 spiro atoms. The lowest BCUT2D eigenvalue weighted by Gasteiger charge is -2.31. The summed E-state index contributed by atoms with van der Waals surface area (Å²) in [5.74, 6) is -0.387. The quantitative estimate of drug-likeness (QED) is 0.412. The first-order chi connectivity index (χ1) is 15.3. The number of thiocarbonyl (C=S) groups is 1. The summed E-state index contributed by atoms with van der Waals surface area (Å²) in [4.78, 5) is 25.3. The van der Waals surface area contributed by atoms with Crippen LogP contribution in [0.2, 0.25) is 5.02 Å². The van der Waals surface area contributed by atoms with E-state index in [1.165, 1.54) is 0 Å². The number of amides is 1. The smallest absolute Gasteiger partial charge is 0.347 e. The summed E-state index contributed by atoms with van der Waals surface area (Å²) in [5, 5.41) is 9.78. The fraction of sp³-hybridized carbons (Fsp3) is 0.261. The summed E-state index contributed by atoms with van der Waals surface area (Å²) < 4.78 is 10.9. The Balaban J connectivity index is 1.96. The van der Waals surface area contributed by atoms with Gasteiger partial charge in [0.05, 0.1) is 28.9 Å². The molecule has 1 aliphatic rings. The van der Waals surface area contributed by atoms with E-state index in [0.29, 0.717) is 38.4 Å². The molecule has 1 aliphatic heterocycles. The number of benzene rings is 2. The van der Waals surface area contributed by atoms with Gasteiger partial charge < -0.3 is 25.4 Å². The summed E-state index contributed by atoms with van der Waals surface area (Å²) in [6.45, 7) is 5.37. The fourth-order valence-corrected chi connectivity index (χ4v) is 3.76. The maximum atomic E-state index is 13.3. The van der Waals surface area contributed by atoms with Crippen LogP contribution in [-0.2, 0) is 14.3 Å². The summed E-state index contributed by atoms with van der Waals surface area (Å²) in [7, 11) is 0. The van der Waals surface area contributed by atoms with Crippen LogP contribution in [0.5, 0.6) is 5.75 Å². The van der Waals surface area contributed by atoms with Crippen LogP contribution < -0.4 is 20.7 Å². The molecule has 2 atom stereocenters. The zero-order valence-corrected chi connectivity index (χ0v) is 19.5. The Bertz CT molecular complexity index is 1070. The zero-order valence-electron chi connectivity index (χ0n) is 17.9. The molecule has 3 rings (SSSR count). The van der Waals surface area contributed by atoms with Gasteiger partial charge in [0.25, 0.3) is 5.91 Å². The lowest BCUT2D eigenvalue weighted by Crippen LogP contribution is -2.46. The van der Waals surface area contributed by atoms with E-state index in [1.807, 2.05) is 12.1 Å². The highest BCUT2D eigenvalue weighted by Gasteiger charge is 2.32. The first-order valence-electron chi connectivity index (χ1n) is 10.1. The zero-order chi connectivity index (χ0) is 23.3. The molecule has 3 N–H and O–H groups in total. The number of rotatable bonds is 7. The number of ether oxygens (including phenoxy) is 2. The van der Waals surface area contributed by atoms with Gasteiger partial charge in [-0.05, 0) is 51.2 Å². The second-order valence-electron chi connectivity index (χ2n) is 7.05. The van der Waals surface area contributed by atoms with Crippen LogP contribution in [0.4, 0.5) is 5.69 Å². The van der Waals surface area contributed by atoms with Gasteiger partial charge in [-0.1, -0.05) is 41.9 Å². The minimum Gasteiger partial charge on any atom is -0.479 e. The Hall–Kier alpha value is -3.10. The van der Waals surface area contributed by atoms with Crippen molar-refractivity contribution in [3.63, 3.8) is 0 Å². The summed E-state index contributed by atoms with van der Waals surface area (Å²) in [6, 6.07) is 13.5. The van der Waals surface area contributed by atoms with Gasteiger partial charge in [-0.3, -0.25) is 4.79 Å². The summed E-state index contributed by atoms with van der Waals surface area (Å²) in [6.07, 6.45) is -0.824. The maximum absolute atomic E-state index is 13.3.